The van der Waals surface area contributed by atoms with Gasteiger partial charge < -0.3 is 9.97 Å². The summed E-state index contributed by atoms with van der Waals surface area (Å²) < 4.78 is 68.3. The van der Waals surface area contributed by atoms with Crippen molar-refractivity contribution in [3.63, 3.8) is 0 Å². The molecule has 0 radical (unpaired) electrons. The van der Waals surface area contributed by atoms with Crippen LogP contribution in [0.4, 0.5) is 0 Å². The fourth-order valence-electron chi connectivity index (χ4n) is 9.12. The first-order chi connectivity index (χ1) is 35.5. The van der Waals surface area contributed by atoms with Crippen LogP contribution in [0.25, 0.3) is 90.5 Å². The summed E-state index contributed by atoms with van der Waals surface area (Å²) in [5, 5.41) is 0. The minimum absolute atomic E-state index is 0.0460. The number of H-pyrrole nitrogens is 2. The lowest BCUT2D eigenvalue weighted by molar-refractivity contribution is 0.542. The predicted molar refractivity (Wildman–Crippen MR) is 323 cm³/mol. The molecular formula is C56H32Br7N5O4S2. The predicted octanol–water partition coefficient (Wildman–Crippen LogP) is 18.1. The highest BCUT2D eigenvalue weighted by molar-refractivity contribution is 9.12. The maximum Gasteiger partial charge on any atom is 0.277 e. The topological polar surface area (TPSA) is 129 Å². The Hall–Kier alpha value is -5.02. The molecule has 0 fully saturated rings. The number of benzene rings is 6. The first-order valence-electron chi connectivity index (χ1n) is 22.3. The number of halogens is 7. The van der Waals surface area contributed by atoms with Crippen molar-refractivity contribution in [2.45, 2.75) is 9.79 Å². The quantitative estimate of drug-likeness (QED) is 0.148. The third-order valence-electron chi connectivity index (χ3n) is 12.1. The van der Waals surface area contributed by atoms with Gasteiger partial charge in [0.05, 0.1) is 38.3 Å². The fraction of sp³-hybridized carbons (Fsp3) is 0. The molecule has 11 rings (SSSR count). The van der Waals surface area contributed by atoms with Crippen molar-refractivity contribution < 1.29 is 16.8 Å². The van der Waals surface area contributed by atoms with E-state index in [1.54, 1.807) is 42.5 Å². The maximum atomic E-state index is 15.6. The van der Waals surface area contributed by atoms with Crippen molar-refractivity contribution in [3.8, 4) is 44.5 Å². The molecule has 9 nitrogen and oxygen atoms in total. The monoisotopic (exact) mass is 1450 g/mol. The van der Waals surface area contributed by atoms with Crippen LogP contribution in [-0.4, -0.2) is 40.5 Å². The van der Waals surface area contributed by atoms with E-state index < -0.39 is 20.0 Å². The normalized spacial score (nSPS) is 12.5. The van der Waals surface area contributed by atoms with Crippen molar-refractivity contribution in [1.29, 1.82) is 0 Å². The number of rotatable bonds is 9. The van der Waals surface area contributed by atoms with Gasteiger partial charge in [0.15, 0.2) is 0 Å². The second-order valence-corrected chi connectivity index (χ2v) is 27.2. The zero-order valence-corrected chi connectivity index (χ0v) is 50.5. The van der Waals surface area contributed by atoms with Gasteiger partial charge in [-0.25, -0.2) is 26.8 Å². The van der Waals surface area contributed by atoms with E-state index in [1.165, 1.54) is 24.3 Å². The maximum absolute atomic E-state index is 15.6. The third-order valence-corrected chi connectivity index (χ3v) is 19.5. The molecular weight excluding hydrogens is 1430 g/mol. The Bertz CT molecular complexity index is 4150. The highest BCUT2D eigenvalue weighted by Gasteiger charge is 2.42. The van der Waals surface area contributed by atoms with Crippen molar-refractivity contribution in [1.82, 2.24) is 23.6 Å². The van der Waals surface area contributed by atoms with E-state index in [0.29, 0.717) is 68.4 Å². The van der Waals surface area contributed by atoms with Crippen molar-refractivity contribution >= 4 is 178 Å². The van der Waals surface area contributed by atoms with Crippen molar-refractivity contribution in [3.05, 3.63) is 218 Å². The highest BCUT2D eigenvalue weighted by atomic mass is 79.9. The first kappa shape index (κ1) is 51.1. The van der Waals surface area contributed by atoms with Gasteiger partial charge >= 0.3 is 0 Å². The van der Waals surface area contributed by atoms with Crippen molar-refractivity contribution in [2.75, 3.05) is 0 Å². The van der Waals surface area contributed by atoms with Gasteiger partial charge in [-0.1, -0.05) is 160 Å². The zero-order valence-electron chi connectivity index (χ0n) is 37.8. The van der Waals surface area contributed by atoms with Gasteiger partial charge in [0.1, 0.15) is 0 Å². The van der Waals surface area contributed by atoms with Crippen LogP contribution in [0.3, 0.4) is 0 Å². The van der Waals surface area contributed by atoms with E-state index in [0.717, 1.165) is 44.6 Å². The molecule has 74 heavy (non-hydrogen) atoms. The van der Waals surface area contributed by atoms with Gasteiger partial charge in [-0.3, -0.25) is 0 Å². The molecule has 8 bridgehead atoms. The molecule has 0 saturated carbocycles. The van der Waals surface area contributed by atoms with Gasteiger partial charge in [0.2, 0.25) is 0 Å². The van der Waals surface area contributed by atoms with Crippen LogP contribution in [-0.2, 0) is 20.0 Å². The average molecular weight is 1460 g/mol. The number of hydrogen-bond acceptors (Lipinski definition) is 6. The zero-order chi connectivity index (χ0) is 51.6. The number of nitrogens with zero attached hydrogens (tertiary/aromatic N) is 3. The van der Waals surface area contributed by atoms with Gasteiger partial charge in [-0.15, -0.1) is 0 Å². The largest absolute Gasteiger partial charge is 0.354 e. The van der Waals surface area contributed by atoms with Crippen LogP contribution in [0.5, 0.6) is 0 Å². The van der Waals surface area contributed by atoms with E-state index in [-0.39, 0.29) is 26.9 Å². The lowest BCUT2D eigenvalue weighted by Gasteiger charge is -2.25. The van der Waals surface area contributed by atoms with Crippen molar-refractivity contribution in [2.24, 2.45) is 0 Å². The number of aromatic amines is 2. The molecule has 0 saturated heterocycles. The molecule has 3 aromatic heterocycles. The summed E-state index contributed by atoms with van der Waals surface area (Å²) in [6, 6.07) is 48.2. The molecule has 6 aromatic carbocycles. The second-order valence-electron chi connectivity index (χ2n) is 17.0. The SMILES string of the molecule is O=S(=O)(c1ccccc1)N(C1=Cc2nc1c(-c1cc(Br)cc(Br)c1)c1ccc([nH]1)c(-c1cc(Br)cc(Br)c1)c1nc(c(-c3cccc(Br)c3)c3ccc([nH]3)c2-c2cc(Br)cc(Br)c2)C=C1)S(=O)(=O)c1ccccc1. The summed E-state index contributed by atoms with van der Waals surface area (Å²) >= 11 is 26.0. The number of nitrogens with one attached hydrogen (secondary N) is 2. The standard InChI is InChI=1S/C56H32Br7N5O4S2/c57-35-9-7-8-31(20-35)52-44-14-16-46(64-44)53(32-21-36(58)27-37(59)22-32)47-18-19-49(66-47)55(34-25-40(62)29-41(63)26-34)56-51(30-50(67-56)54(48-17-15-45(52)65-48)33-23-38(60)28-39(61)24-33)68(73(69,70)42-10-3-1-4-11-42)74(71,72)43-12-5-2-6-13-43/h1-30,65-66H. The summed E-state index contributed by atoms with van der Waals surface area (Å²) in [6.45, 7) is 0. The Balaban J connectivity index is 1.40. The molecule has 2 aliphatic rings. The Morgan fingerprint density at radius 1 is 0.365 bits per heavy atom. The first-order valence-corrected chi connectivity index (χ1v) is 30.7. The summed E-state index contributed by atoms with van der Waals surface area (Å²) in [5.74, 6) is 0. The molecule has 0 amide bonds. The number of sulfonamides is 2. The fourth-order valence-corrected chi connectivity index (χ4v) is 17.1. The minimum atomic E-state index is -4.96. The number of aromatic nitrogens is 4. The van der Waals surface area contributed by atoms with E-state index in [1.807, 2.05) is 115 Å². The summed E-state index contributed by atoms with van der Waals surface area (Å²) in [5.41, 5.74) is 9.32. The van der Waals surface area contributed by atoms with E-state index in [4.69, 9.17) is 9.97 Å². The van der Waals surface area contributed by atoms with Crippen LogP contribution < -0.4 is 0 Å². The molecule has 2 N–H and O–H groups in total. The highest BCUT2D eigenvalue weighted by Crippen LogP contribution is 2.46. The Labute approximate surface area is 485 Å². The summed E-state index contributed by atoms with van der Waals surface area (Å²) in [7, 11) is -9.92. The van der Waals surface area contributed by atoms with E-state index in [9.17, 15) is 0 Å². The lowest BCUT2D eigenvalue weighted by Crippen LogP contribution is -2.35. The lowest BCUT2D eigenvalue weighted by atomic mass is 10.0. The van der Waals surface area contributed by atoms with E-state index >= 15 is 16.8 Å². The van der Waals surface area contributed by atoms with Gasteiger partial charge in [-0.05, 0) is 156 Å². The molecule has 0 spiro atoms. The molecule has 18 heteroatoms. The third kappa shape index (κ3) is 9.86. The van der Waals surface area contributed by atoms with Crippen LogP contribution in [0.1, 0.15) is 22.8 Å². The van der Waals surface area contributed by atoms with Crippen LogP contribution in [0.15, 0.2) is 205 Å². The number of hydrogen-bond donors (Lipinski definition) is 2. The molecule has 5 heterocycles. The average Bonchev–Trinajstić information content (AvgIpc) is 4.20. The molecule has 0 unspecified atom stereocenters. The van der Waals surface area contributed by atoms with E-state index in [2.05, 4.69) is 121 Å². The molecule has 2 aliphatic heterocycles. The van der Waals surface area contributed by atoms with Crippen LogP contribution in [0, 0.1) is 0 Å². The number of fused-ring (bicyclic) bond motifs is 8. The molecule has 0 aliphatic carbocycles. The smallest absolute Gasteiger partial charge is 0.277 e. The van der Waals surface area contributed by atoms with Gasteiger partial charge in [-0.2, -0.15) is 3.71 Å². The van der Waals surface area contributed by atoms with Gasteiger partial charge in [0.25, 0.3) is 20.0 Å². The Morgan fingerprint density at radius 3 is 1.18 bits per heavy atom. The van der Waals surface area contributed by atoms with Crippen LogP contribution in [0.2, 0.25) is 0 Å². The second kappa shape index (κ2) is 20.5. The molecule has 366 valence electrons. The Morgan fingerprint density at radius 2 is 0.743 bits per heavy atom. The van der Waals surface area contributed by atoms with Crippen LogP contribution >= 0.6 is 112 Å². The summed E-state index contributed by atoms with van der Waals surface area (Å²) in [6.07, 6.45) is 5.56. The van der Waals surface area contributed by atoms with Gasteiger partial charge in [0, 0.05) is 75.6 Å². The molecule has 9 aromatic rings. The molecule has 0 atom stereocenters. The summed E-state index contributed by atoms with van der Waals surface area (Å²) in [4.78, 5) is 17.9. The Kier molecular flexibility index (Phi) is 14.2. The minimum Gasteiger partial charge on any atom is -0.354 e.